The van der Waals surface area contributed by atoms with Gasteiger partial charge < -0.3 is 15.1 Å². The van der Waals surface area contributed by atoms with Crippen LogP contribution >= 0.6 is 0 Å². The summed E-state index contributed by atoms with van der Waals surface area (Å²) in [6.07, 6.45) is 9.41. The third-order valence-electron chi connectivity index (χ3n) is 7.40. The van der Waals surface area contributed by atoms with E-state index in [1.54, 1.807) is 11.1 Å². The van der Waals surface area contributed by atoms with Gasteiger partial charge in [0.2, 0.25) is 11.9 Å². The molecule has 8 nitrogen and oxygen atoms in total. The monoisotopic (exact) mass is 425 g/mol. The quantitative estimate of drug-likeness (QED) is 0.701. The predicted octanol–water partition coefficient (Wildman–Crippen LogP) is 3.02. The second-order valence-corrected chi connectivity index (χ2v) is 9.27. The smallest absolute Gasteiger partial charge is 0.249 e. The van der Waals surface area contributed by atoms with Crippen LogP contribution in [0, 0.1) is 17.2 Å². The number of likely N-dealkylation sites (tertiary alicyclic amines) is 1. The molecule has 2 aliphatic heterocycles. The Kier molecular flexibility index (Phi) is 6.61. The van der Waals surface area contributed by atoms with Crippen LogP contribution in [0.2, 0.25) is 0 Å². The molecule has 1 unspecified atom stereocenters. The molecule has 2 fully saturated rings. The van der Waals surface area contributed by atoms with Crippen molar-refractivity contribution in [1.82, 2.24) is 14.9 Å². The summed E-state index contributed by atoms with van der Waals surface area (Å²) < 4.78 is 0. The molecule has 1 aromatic heterocycles. The largest absolute Gasteiger partial charge is 0.351 e. The number of piperidine rings is 1. The number of aromatic nitrogens is 2. The van der Waals surface area contributed by atoms with Gasteiger partial charge in [0.1, 0.15) is 11.7 Å². The van der Waals surface area contributed by atoms with E-state index in [0.717, 1.165) is 56.7 Å². The lowest BCUT2D eigenvalue weighted by Crippen LogP contribution is -2.55. The van der Waals surface area contributed by atoms with Crippen molar-refractivity contribution < 1.29 is 4.79 Å². The molecule has 31 heavy (non-hydrogen) atoms. The van der Waals surface area contributed by atoms with Gasteiger partial charge in [0.25, 0.3) is 0 Å². The third-order valence-corrected chi connectivity index (χ3v) is 7.40. The number of hydrogen-bond acceptors (Lipinski definition) is 7. The fraction of sp³-hybridized carbons (Fsp3) is 0.739. The molecule has 1 saturated heterocycles. The summed E-state index contributed by atoms with van der Waals surface area (Å²) in [6.45, 7) is 6.74. The fourth-order valence-electron chi connectivity index (χ4n) is 5.49. The SMILES string of the molecule is CC[C@@H]1C(=O)N(C)c2cnc(NC(C)C3CCN(CC#N)CC3)nc2N1C1CCCC1. The summed E-state index contributed by atoms with van der Waals surface area (Å²) in [5.41, 5.74) is 0.810. The molecule has 8 heteroatoms. The summed E-state index contributed by atoms with van der Waals surface area (Å²) >= 11 is 0. The van der Waals surface area contributed by atoms with Crippen LogP contribution in [0.5, 0.6) is 0 Å². The van der Waals surface area contributed by atoms with Gasteiger partial charge in [0, 0.05) is 19.1 Å². The minimum Gasteiger partial charge on any atom is -0.351 e. The van der Waals surface area contributed by atoms with Crippen LogP contribution in [0.4, 0.5) is 17.5 Å². The van der Waals surface area contributed by atoms with Gasteiger partial charge in [-0.05, 0) is 58.0 Å². The van der Waals surface area contributed by atoms with Gasteiger partial charge in [-0.1, -0.05) is 19.8 Å². The number of amides is 1. The zero-order valence-corrected chi connectivity index (χ0v) is 19.0. The van der Waals surface area contributed by atoms with E-state index >= 15 is 0 Å². The standard InChI is InChI=1S/C23H35N7O/c1-4-19-22(31)28(3)20-15-25-23(27-21(20)30(19)18-7-5-6-8-18)26-16(2)17-9-12-29(13-10-17)14-11-24/h15-19H,4-10,12-14H2,1-3H3,(H,25,26,27)/t16?,19-/m1/s1. The normalized spacial score (nSPS) is 24.2. The molecule has 1 saturated carbocycles. The Morgan fingerprint density at radius 1 is 1.26 bits per heavy atom. The summed E-state index contributed by atoms with van der Waals surface area (Å²) in [5, 5.41) is 12.5. The van der Waals surface area contributed by atoms with E-state index in [-0.39, 0.29) is 18.0 Å². The van der Waals surface area contributed by atoms with Gasteiger partial charge in [-0.2, -0.15) is 10.2 Å². The summed E-state index contributed by atoms with van der Waals surface area (Å²) in [7, 11) is 1.84. The second-order valence-electron chi connectivity index (χ2n) is 9.27. The lowest BCUT2D eigenvalue weighted by Gasteiger charge is -2.43. The summed E-state index contributed by atoms with van der Waals surface area (Å²) in [4.78, 5) is 28.8. The van der Waals surface area contributed by atoms with Crippen LogP contribution in [0.3, 0.4) is 0 Å². The molecule has 4 rings (SSSR count). The van der Waals surface area contributed by atoms with E-state index in [2.05, 4.69) is 40.0 Å². The van der Waals surface area contributed by atoms with E-state index in [1.807, 2.05) is 7.05 Å². The van der Waals surface area contributed by atoms with Crippen LogP contribution in [-0.2, 0) is 4.79 Å². The second kappa shape index (κ2) is 9.39. The average Bonchev–Trinajstić information content (AvgIpc) is 3.31. The molecule has 3 aliphatic rings. The van der Waals surface area contributed by atoms with Crippen LogP contribution in [-0.4, -0.2) is 65.6 Å². The Hall–Kier alpha value is -2.40. The first-order valence-electron chi connectivity index (χ1n) is 11.8. The average molecular weight is 426 g/mol. The topological polar surface area (TPSA) is 88.4 Å². The van der Waals surface area contributed by atoms with Crippen molar-refractivity contribution in [3.05, 3.63) is 6.20 Å². The Bertz CT molecular complexity index is 824. The first-order valence-corrected chi connectivity index (χ1v) is 11.8. The molecule has 168 valence electrons. The van der Waals surface area contributed by atoms with Crippen molar-refractivity contribution in [1.29, 1.82) is 5.26 Å². The van der Waals surface area contributed by atoms with Gasteiger partial charge in [-0.25, -0.2) is 4.98 Å². The van der Waals surface area contributed by atoms with E-state index in [4.69, 9.17) is 10.2 Å². The molecule has 3 heterocycles. The molecule has 1 N–H and O–H groups in total. The lowest BCUT2D eigenvalue weighted by molar-refractivity contribution is -0.120. The molecule has 2 atom stereocenters. The number of carbonyl (C=O) groups is 1. The Balaban J connectivity index is 1.53. The highest BCUT2D eigenvalue weighted by atomic mass is 16.2. The Morgan fingerprint density at radius 3 is 2.61 bits per heavy atom. The number of likely N-dealkylation sites (N-methyl/N-ethyl adjacent to an activating group) is 1. The minimum atomic E-state index is -0.148. The molecule has 1 aliphatic carbocycles. The summed E-state index contributed by atoms with van der Waals surface area (Å²) in [5.74, 6) is 2.22. The fourth-order valence-corrected chi connectivity index (χ4v) is 5.49. The Labute approximate surface area is 185 Å². The third kappa shape index (κ3) is 4.33. The zero-order chi connectivity index (χ0) is 22.0. The number of anilines is 3. The molecule has 1 aromatic rings. The van der Waals surface area contributed by atoms with Crippen LogP contribution in [0.1, 0.15) is 58.8 Å². The Morgan fingerprint density at radius 2 is 1.97 bits per heavy atom. The van der Waals surface area contributed by atoms with Crippen LogP contribution < -0.4 is 15.1 Å². The number of carbonyl (C=O) groups excluding carboxylic acids is 1. The number of nitriles is 1. The molecule has 0 bridgehead atoms. The molecule has 0 aromatic carbocycles. The molecular formula is C23H35N7O. The molecule has 0 radical (unpaired) electrons. The number of nitrogens with zero attached hydrogens (tertiary/aromatic N) is 6. The van der Waals surface area contributed by atoms with Gasteiger partial charge >= 0.3 is 0 Å². The van der Waals surface area contributed by atoms with E-state index in [9.17, 15) is 4.79 Å². The minimum absolute atomic E-state index is 0.142. The van der Waals surface area contributed by atoms with E-state index in [1.165, 1.54) is 12.8 Å². The van der Waals surface area contributed by atoms with Gasteiger partial charge in [-0.3, -0.25) is 9.69 Å². The van der Waals surface area contributed by atoms with Gasteiger partial charge in [0.05, 0.1) is 18.8 Å². The van der Waals surface area contributed by atoms with Crippen molar-refractivity contribution in [3.63, 3.8) is 0 Å². The van der Waals surface area contributed by atoms with Crippen LogP contribution in [0.15, 0.2) is 6.20 Å². The van der Waals surface area contributed by atoms with Gasteiger partial charge in [-0.15, -0.1) is 0 Å². The highest BCUT2D eigenvalue weighted by Crippen LogP contribution is 2.40. The number of fused-ring (bicyclic) bond motifs is 1. The van der Waals surface area contributed by atoms with Crippen molar-refractivity contribution in [3.8, 4) is 6.07 Å². The first kappa shape index (κ1) is 21.8. The number of nitrogens with one attached hydrogen (secondary N) is 1. The molecule has 1 amide bonds. The van der Waals surface area contributed by atoms with E-state index in [0.29, 0.717) is 24.5 Å². The maximum Gasteiger partial charge on any atom is 0.249 e. The van der Waals surface area contributed by atoms with Gasteiger partial charge in [0.15, 0.2) is 5.82 Å². The summed E-state index contributed by atoms with van der Waals surface area (Å²) in [6, 6.07) is 2.74. The predicted molar refractivity (Wildman–Crippen MR) is 122 cm³/mol. The van der Waals surface area contributed by atoms with Crippen LogP contribution in [0.25, 0.3) is 0 Å². The molecular weight excluding hydrogens is 390 g/mol. The number of hydrogen-bond donors (Lipinski definition) is 1. The maximum absolute atomic E-state index is 13.0. The highest BCUT2D eigenvalue weighted by molar-refractivity contribution is 6.04. The van der Waals surface area contributed by atoms with E-state index < -0.39 is 0 Å². The molecule has 0 spiro atoms. The van der Waals surface area contributed by atoms with Crippen molar-refractivity contribution >= 4 is 23.4 Å². The first-order chi connectivity index (χ1) is 15.0. The highest BCUT2D eigenvalue weighted by Gasteiger charge is 2.41. The van der Waals surface area contributed by atoms with Crippen molar-refractivity contribution in [2.45, 2.75) is 76.9 Å². The number of rotatable bonds is 6. The van der Waals surface area contributed by atoms with Crippen molar-refractivity contribution in [2.75, 3.05) is 41.8 Å². The maximum atomic E-state index is 13.0. The zero-order valence-electron chi connectivity index (χ0n) is 19.0. The van der Waals surface area contributed by atoms with Crippen molar-refractivity contribution in [2.24, 2.45) is 5.92 Å². The lowest BCUT2D eigenvalue weighted by atomic mass is 9.90.